The van der Waals surface area contributed by atoms with Crippen LogP contribution in [-0.4, -0.2) is 22.6 Å². The van der Waals surface area contributed by atoms with E-state index < -0.39 is 23.5 Å². The first-order valence-electron chi connectivity index (χ1n) is 7.87. The quantitative estimate of drug-likeness (QED) is 0.684. The van der Waals surface area contributed by atoms with Gasteiger partial charge in [0.25, 0.3) is 5.91 Å². The van der Waals surface area contributed by atoms with Crippen molar-refractivity contribution in [2.75, 3.05) is 6.54 Å². The van der Waals surface area contributed by atoms with Gasteiger partial charge in [-0.25, -0.2) is 4.39 Å². The average Bonchev–Trinajstić information content (AvgIpc) is 3.10. The Hall–Kier alpha value is -3.23. The molecule has 0 saturated carbocycles. The third-order valence-electron chi connectivity index (χ3n) is 3.65. The van der Waals surface area contributed by atoms with Crippen molar-refractivity contribution in [2.45, 2.75) is 12.6 Å². The lowest BCUT2D eigenvalue weighted by atomic mass is 10.1. The predicted octanol–water partition coefficient (Wildman–Crippen LogP) is 3.87. The molecule has 0 spiro atoms. The van der Waals surface area contributed by atoms with Gasteiger partial charge in [-0.3, -0.25) is 4.79 Å². The summed E-state index contributed by atoms with van der Waals surface area (Å²) in [6.07, 6.45) is -4.60. The SMILES string of the molecule is O=C(NCCc1nnc(-c2ccccc2)o1)c1ccc(C(F)(F)F)c(F)c1. The lowest BCUT2D eigenvalue weighted by Crippen LogP contribution is -2.26. The van der Waals surface area contributed by atoms with Gasteiger partial charge in [0, 0.05) is 24.1 Å². The number of amides is 1. The van der Waals surface area contributed by atoms with Crippen molar-refractivity contribution in [3.8, 4) is 11.5 Å². The maximum atomic E-state index is 13.5. The van der Waals surface area contributed by atoms with Crippen LogP contribution in [0.1, 0.15) is 21.8 Å². The van der Waals surface area contributed by atoms with Crippen molar-refractivity contribution >= 4 is 5.91 Å². The van der Waals surface area contributed by atoms with Gasteiger partial charge in [0.2, 0.25) is 11.8 Å². The van der Waals surface area contributed by atoms with E-state index in [4.69, 9.17) is 4.42 Å². The summed E-state index contributed by atoms with van der Waals surface area (Å²) in [6.45, 7) is 0.0951. The Labute approximate surface area is 151 Å². The van der Waals surface area contributed by atoms with Gasteiger partial charge in [0.15, 0.2) is 0 Å². The summed E-state index contributed by atoms with van der Waals surface area (Å²) < 4.78 is 56.6. The van der Waals surface area contributed by atoms with E-state index in [2.05, 4.69) is 15.5 Å². The van der Waals surface area contributed by atoms with Gasteiger partial charge in [-0.1, -0.05) is 18.2 Å². The largest absolute Gasteiger partial charge is 0.421 e. The highest BCUT2D eigenvalue weighted by atomic mass is 19.4. The Morgan fingerprint density at radius 2 is 1.81 bits per heavy atom. The predicted molar refractivity (Wildman–Crippen MR) is 87.2 cm³/mol. The fourth-order valence-corrected chi connectivity index (χ4v) is 2.32. The highest BCUT2D eigenvalue weighted by molar-refractivity contribution is 5.94. The van der Waals surface area contributed by atoms with Crippen LogP contribution in [0.5, 0.6) is 0 Å². The number of halogens is 4. The first-order valence-corrected chi connectivity index (χ1v) is 7.87. The molecule has 3 rings (SSSR count). The lowest BCUT2D eigenvalue weighted by molar-refractivity contribution is -0.140. The maximum absolute atomic E-state index is 13.5. The molecule has 3 aromatic rings. The second kappa shape index (κ2) is 7.56. The second-order valence-corrected chi connectivity index (χ2v) is 5.57. The van der Waals surface area contributed by atoms with E-state index in [1.807, 2.05) is 18.2 Å². The van der Waals surface area contributed by atoms with Crippen LogP contribution >= 0.6 is 0 Å². The topological polar surface area (TPSA) is 68.0 Å². The zero-order valence-electron chi connectivity index (χ0n) is 13.8. The number of carbonyl (C=O) groups is 1. The van der Waals surface area contributed by atoms with E-state index in [0.29, 0.717) is 18.0 Å². The van der Waals surface area contributed by atoms with Gasteiger partial charge in [-0.15, -0.1) is 10.2 Å². The van der Waals surface area contributed by atoms with Crippen LogP contribution in [0.15, 0.2) is 52.9 Å². The molecule has 140 valence electrons. The molecule has 0 unspecified atom stereocenters. The Kier molecular flexibility index (Phi) is 5.20. The van der Waals surface area contributed by atoms with Crippen molar-refractivity contribution in [1.82, 2.24) is 15.5 Å². The minimum atomic E-state index is -4.81. The molecule has 1 aromatic heterocycles. The fourth-order valence-electron chi connectivity index (χ4n) is 2.32. The fraction of sp³-hybridized carbons (Fsp3) is 0.167. The van der Waals surface area contributed by atoms with E-state index in [0.717, 1.165) is 11.6 Å². The van der Waals surface area contributed by atoms with E-state index in [1.165, 1.54) is 0 Å². The minimum absolute atomic E-state index is 0.0951. The number of nitrogens with zero attached hydrogens (tertiary/aromatic N) is 2. The summed E-state index contributed by atoms with van der Waals surface area (Å²) in [5.74, 6) is -1.58. The number of carbonyl (C=O) groups excluding carboxylic acids is 1. The van der Waals surface area contributed by atoms with Crippen molar-refractivity contribution in [2.24, 2.45) is 0 Å². The lowest BCUT2D eigenvalue weighted by Gasteiger charge is -2.09. The molecule has 0 radical (unpaired) electrons. The van der Waals surface area contributed by atoms with Crippen molar-refractivity contribution in [3.63, 3.8) is 0 Å². The molecular weight excluding hydrogens is 366 g/mol. The first-order chi connectivity index (χ1) is 12.8. The van der Waals surface area contributed by atoms with E-state index in [-0.39, 0.29) is 24.4 Å². The highest BCUT2D eigenvalue weighted by Gasteiger charge is 2.34. The zero-order valence-corrected chi connectivity index (χ0v) is 13.8. The summed E-state index contributed by atoms with van der Waals surface area (Å²) in [4.78, 5) is 11.9. The van der Waals surface area contributed by atoms with Crippen LogP contribution in [0.2, 0.25) is 0 Å². The number of rotatable bonds is 5. The van der Waals surface area contributed by atoms with E-state index in [1.54, 1.807) is 12.1 Å². The monoisotopic (exact) mass is 379 g/mol. The number of hydrogen-bond donors (Lipinski definition) is 1. The molecule has 2 aromatic carbocycles. The summed E-state index contributed by atoms with van der Waals surface area (Å²) in [5, 5.41) is 10.2. The van der Waals surface area contributed by atoms with Gasteiger partial charge < -0.3 is 9.73 Å². The third-order valence-corrected chi connectivity index (χ3v) is 3.65. The van der Waals surface area contributed by atoms with Gasteiger partial charge in [0.1, 0.15) is 5.82 Å². The van der Waals surface area contributed by atoms with Gasteiger partial charge in [-0.05, 0) is 30.3 Å². The van der Waals surface area contributed by atoms with Crippen LogP contribution in [0.25, 0.3) is 11.5 Å². The third kappa shape index (κ3) is 4.49. The van der Waals surface area contributed by atoms with Crippen LogP contribution in [0.4, 0.5) is 17.6 Å². The molecule has 0 atom stereocenters. The summed E-state index contributed by atoms with van der Waals surface area (Å²) in [6, 6.07) is 11.1. The van der Waals surface area contributed by atoms with Crippen LogP contribution < -0.4 is 5.32 Å². The number of hydrogen-bond acceptors (Lipinski definition) is 4. The summed E-state index contributed by atoms with van der Waals surface area (Å²) in [7, 11) is 0. The minimum Gasteiger partial charge on any atom is -0.421 e. The first kappa shape index (κ1) is 18.6. The molecule has 1 heterocycles. The summed E-state index contributed by atoms with van der Waals surface area (Å²) in [5.41, 5.74) is -0.880. The molecule has 0 saturated heterocycles. The Morgan fingerprint density at radius 1 is 1.07 bits per heavy atom. The zero-order chi connectivity index (χ0) is 19.4. The van der Waals surface area contributed by atoms with Gasteiger partial charge >= 0.3 is 6.18 Å². The molecule has 1 N–H and O–H groups in total. The van der Waals surface area contributed by atoms with Crippen LogP contribution in [-0.2, 0) is 12.6 Å². The maximum Gasteiger partial charge on any atom is 0.419 e. The van der Waals surface area contributed by atoms with E-state index in [9.17, 15) is 22.4 Å². The molecule has 27 heavy (non-hydrogen) atoms. The smallest absolute Gasteiger partial charge is 0.419 e. The molecule has 9 heteroatoms. The van der Waals surface area contributed by atoms with E-state index >= 15 is 0 Å². The Morgan fingerprint density at radius 3 is 2.48 bits per heavy atom. The highest BCUT2D eigenvalue weighted by Crippen LogP contribution is 2.31. The number of benzene rings is 2. The standard InChI is InChI=1S/C18H13F4N3O2/c19-14-10-12(6-7-13(14)18(20,21)22)16(26)23-9-8-15-24-25-17(27-15)11-4-2-1-3-5-11/h1-7,10H,8-9H2,(H,23,26). The number of aromatic nitrogens is 2. The average molecular weight is 379 g/mol. The van der Waals surface area contributed by atoms with Crippen molar-refractivity contribution in [3.05, 3.63) is 71.4 Å². The molecule has 0 bridgehead atoms. The summed E-state index contributed by atoms with van der Waals surface area (Å²) >= 11 is 0. The number of nitrogens with one attached hydrogen (secondary N) is 1. The number of alkyl halides is 3. The molecule has 1 amide bonds. The Bertz CT molecular complexity index is 939. The molecule has 0 aliphatic carbocycles. The van der Waals surface area contributed by atoms with Gasteiger partial charge in [-0.2, -0.15) is 13.2 Å². The van der Waals surface area contributed by atoms with Crippen molar-refractivity contribution in [1.29, 1.82) is 0 Å². The van der Waals surface area contributed by atoms with Crippen LogP contribution in [0, 0.1) is 5.82 Å². The second-order valence-electron chi connectivity index (χ2n) is 5.57. The van der Waals surface area contributed by atoms with Crippen molar-refractivity contribution < 1.29 is 26.8 Å². The van der Waals surface area contributed by atoms with Gasteiger partial charge in [0.05, 0.1) is 5.56 Å². The molecular formula is C18H13F4N3O2. The molecule has 5 nitrogen and oxygen atoms in total. The molecule has 0 aliphatic rings. The molecule has 0 fully saturated rings. The molecule has 0 aliphatic heterocycles. The normalized spacial score (nSPS) is 11.4. The Balaban J connectivity index is 1.57. The van der Waals surface area contributed by atoms with Crippen LogP contribution in [0.3, 0.4) is 0 Å².